The minimum atomic E-state index is -0.655. The zero-order chi connectivity index (χ0) is 17.7. The van der Waals surface area contributed by atoms with Crippen LogP contribution in [0.3, 0.4) is 0 Å². The van der Waals surface area contributed by atoms with Crippen molar-refractivity contribution in [1.82, 2.24) is 5.32 Å². The highest BCUT2D eigenvalue weighted by Crippen LogP contribution is 2.25. The number of benzene rings is 2. The van der Waals surface area contributed by atoms with Crippen molar-refractivity contribution in [1.29, 1.82) is 0 Å². The van der Waals surface area contributed by atoms with E-state index < -0.39 is 18.5 Å². The first kappa shape index (κ1) is 18.6. The summed E-state index contributed by atoms with van der Waals surface area (Å²) in [6, 6.07) is 11.2. The van der Waals surface area contributed by atoms with Crippen LogP contribution in [0, 0.1) is 0 Å². The summed E-state index contributed by atoms with van der Waals surface area (Å²) in [5.41, 5.74) is 1.000. The van der Waals surface area contributed by atoms with E-state index in [4.69, 9.17) is 39.5 Å². The van der Waals surface area contributed by atoms with Gasteiger partial charge in [0.05, 0.1) is 26.7 Å². The van der Waals surface area contributed by atoms with Gasteiger partial charge in [-0.3, -0.25) is 4.79 Å². The quantitative estimate of drug-likeness (QED) is 0.759. The second-order valence-electron chi connectivity index (χ2n) is 5.02. The van der Waals surface area contributed by atoms with Gasteiger partial charge in [-0.2, -0.15) is 0 Å². The fraction of sp³-hybridized carbons (Fsp3) is 0.176. The molecule has 0 bridgehead atoms. The largest absolute Gasteiger partial charge is 0.452 e. The zero-order valence-electron chi connectivity index (χ0n) is 12.7. The second-order valence-corrected chi connectivity index (χ2v) is 6.24. The van der Waals surface area contributed by atoms with Gasteiger partial charge in [0.1, 0.15) is 0 Å². The van der Waals surface area contributed by atoms with E-state index in [1.54, 1.807) is 43.3 Å². The summed E-state index contributed by atoms with van der Waals surface area (Å²) in [6.45, 7) is 1.38. The number of halogens is 3. The molecule has 1 atom stereocenters. The zero-order valence-corrected chi connectivity index (χ0v) is 15.0. The van der Waals surface area contributed by atoms with Crippen LogP contribution < -0.4 is 5.32 Å². The summed E-state index contributed by atoms with van der Waals surface area (Å²) in [5, 5.41) is 3.82. The summed E-state index contributed by atoms with van der Waals surface area (Å²) in [5.74, 6) is -1.09. The molecule has 0 heterocycles. The maximum atomic E-state index is 11.9. The highest BCUT2D eigenvalue weighted by atomic mass is 35.5. The van der Waals surface area contributed by atoms with Crippen LogP contribution >= 0.6 is 34.8 Å². The van der Waals surface area contributed by atoms with Crippen LogP contribution in [-0.2, 0) is 9.53 Å². The lowest BCUT2D eigenvalue weighted by molar-refractivity contribution is -0.124. The Kier molecular flexibility index (Phi) is 6.49. The first-order chi connectivity index (χ1) is 11.4. The average Bonchev–Trinajstić information content (AvgIpc) is 2.55. The number of esters is 1. The van der Waals surface area contributed by atoms with Crippen molar-refractivity contribution in [3.8, 4) is 0 Å². The predicted molar refractivity (Wildman–Crippen MR) is 94.8 cm³/mol. The van der Waals surface area contributed by atoms with Crippen LogP contribution in [0.15, 0.2) is 42.5 Å². The van der Waals surface area contributed by atoms with Gasteiger partial charge in [0.25, 0.3) is 5.91 Å². The van der Waals surface area contributed by atoms with Crippen LogP contribution in [0.2, 0.25) is 15.1 Å². The van der Waals surface area contributed by atoms with Crippen molar-refractivity contribution in [3.63, 3.8) is 0 Å². The summed E-state index contributed by atoms with van der Waals surface area (Å²) in [7, 11) is 0. The Morgan fingerprint density at radius 3 is 2.42 bits per heavy atom. The number of hydrogen-bond acceptors (Lipinski definition) is 3. The maximum absolute atomic E-state index is 11.9. The third-order valence-electron chi connectivity index (χ3n) is 3.25. The van der Waals surface area contributed by atoms with Gasteiger partial charge in [0.15, 0.2) is 6.61 Å². The van der Waals surface area contributed by atoms with E-state index in [0.29, 0.717) is 10.0 Å². The Balaban J connectivity index is 1.90. The van der Waals surface area contributed by atoms with E-state index >= 15 is 0 Å². The van der Waals surface area contributed by atoms with E-state index in [1.807, 2.05) is 0 Å². The van der Waals surface area contributed by atoms with Gasteiger partial charge in [0, 0.05) is 0 Å². The lowest BCUT2D eigenvalue weighted by Crippen LogP contribution is -2.31. The molecule has 2 aromatic rings. The number of amides is 1. The first-order valence-corrected chi connectivity index (χ1v) is 8.18. The average molecular weight is 387 g/mol. The normalized spacial score (nSPS) is 11.7. The Morgan fingerprint density at radius 2 is 1.75 bits per heavy atom. The molecule has 24 heavy (non-hydrogen) atoms. The summed E-state index contributed by atoms with van der Waals surface area (Å²) in [6.07, 6.45) is 0. The first-order valence-electron chi connectivity index (χ1n) is 7.04. The number of ether oxygens (including phenoxy) is 1. The third kappa shape index (κ3) is 4.87. The number of hydrogen-bond donors (Lipinski definition) is 1. The molecule has 0 aliphatic carbocycles. The Labute approximate surface area is 154 Å². The lowest BCUT2D eigenvalue weighted by Gasteiger charge is -2.15. The molecule has 0 unspecified atom stereocenters. The van der Waals surface area contributed by atoms with Crippen molar-refractivity contribution in [2.45, 2.75) is 13.0 Å². The van der Waals surface area contributed by atoms with Crippen molar-refractivity contribution in [3.05, 3.63) is 68.7 Å². The molecule has 7 heteroatoms. The number of rotatable bonds is 5. The van der Waals surface area contributed by atoms with Gasteiger partial charge in [-0.25, -0.2) is 4.79 Å². The number of nitrogens with one attached hydrogen (secondary N) is 1. The minimum absolute atomic E-state index is 0.212. The molecular formula is C17H14Cl3NO3. The van der Waals surface area contributed by atoms with E-state index in [-0.39, 0.29) is 16.6 Å². The molecule has 1 amide bonds. The van der Waals surface area contributed by atoms with Crippen molar-refractivity contribution in [2.75, 3.05) is 6.61 Å². The summed E-state index contributed by atoms with van der Waals surface area (Å²) >= 11 is 17.7. The van der Waals surface area contributed by atoms with E-state index in [0.717, 1.165) is 5.56 Å². The Bertz CT molecular complexity index is 764. The molecule has 0 spiro atoms. The molecule has 2 rings (SSSR count). The van der Waals surface area contributed by atoms with Gasteiger partial charge < -0.3 is 10.1 Å². The Morgan fingerprint density at radius 1 is 1.04 bits per heavy atom. The topological polar surface area (TPSA) is 55.4 Å². The Hall–Kier alpha value is -1.75. The van der Waals surface area contributed by atoms with Gasteiger partial charge in [-0.1, -0.05) is 53.0 Å². The standard InChI is InChI=1S/C17H14Cl3NO3/c1-10(11-6-7-14(19)15(20)8-11)21-16(22)9-24-17(23)12-4-2-3-5-13(12)18/h2-8,10H,9H2,1H3,(H,21,22)/t10-/m1/s1. The van der Waals surface area contributed by atoms with Gasteiger partial charge in [0.2, 0.25) is 0 Å². The summed E-state index contributed by atoms with van der Waals surface area (Å²) < 4.78 is 4.97. The molecule has 0 aliphatic rings. The minimum Gasteiger partial charge on any atom is -0.452 e. The van der Waals surface area contributed by atoms with Crippen LogP contribution in [0.5, 0.6) is 0 Å². The highest BCUT2D eigenvalue weighted by Gasteiger charge is 2.15. The fourth-order valence-electron chi connectivity index (χ4n) is 1.98. The van der Waals surface area contributed by atoms with E-state index in [9.17, 15) is 9.59 Å². The smallest absolute Gasteiger partial charge is 0.340 e. The maximum Gasteiger partial charge on any atom is 0.340 e. The van der Waals surface area contributed by atoms with Gasteiger partial charge >= 0.3 is 5.97 Å². The molecular weight excluding hydrogens is 373 g/mol. The highest BCUT2D eigenvalue weighted by molar-refractivity contribution is 6.42. The second kappa shape index (κ2) is 8.38. The monoisotopic (exact) mass is 385 g/mol. The molecule has 0 fully saturated rings. The molecule has 0 aromatic heterocycles. The molecule has 0 saturated heterocycles. The molecule has 1 N–H and O–H groups in total. The van der Waals surface area contributed by atoms with Gasteiger partial charge in [-0.15, -0.1) is 0 Å². The molecule has 0 aliphatic heterocycles. The third-order valence-corrected chi connectivity index (χ3v) is 4.32. The van der Waals surface area contributed by atoms with Crippen LogP contribution in [-0.4, -0.2) is 18.5 Å². The van der Waals surface area contributed by atoms with E-state index in [1.165, 1.54) is 6.07 Å². The van der Waals surface area contributed by atoms with Crippen molar-refractivity contribution < 1.29 is 14.3 Å². The number of carbonyl (C=O) groups is 2. The molecule has 4 nitrogen and oxygen atoms in total. The molecule has 2 aromatic carbocycles. The molecule has 0 radical (unpaired) electrons. The molecule has 126 valence electrons. The number of carbonyl (C=O) groups excluding carboxylic acids is 2. The van der Waals surface area contributed by atoms with Crippen LogP contribution in [0.25, 0.3) is 0 Å². The summed E-state index contributed by atoms with van der Waals surface area (Å²) in [4.78, 5) is 23.8. The van der Waals surface area contributed by atoms with Crippen LogP contribution in [0.4, 0.5) is 0 Å². The SMILES string of the molecule is C[C@@H](NC(=O)COC(=O)c1ccccc1Cl)c1ccc(Cl)c(Cl)c1. The lowest BCUT2D eigenvalue weighted by atomic mass is 10.1. The van der Waals surface area contributed by atoms with E-state index in [2.05, 4.69) is 5.32 Å². The van der Waals surface area contributed by atoms with Gasteiger partial charge in [-0.05, 0) is 36.8 Å². The predicted octanol–water partition coefficient (Wildman–Crippen LogP) is 4.68. The van der Waals surface area contributed by atoms with Crippen LogP contribution in [0.1, 0.15) is 28.9 Å². The molecule has 0 saturated carbocycles. The fourth-order valence-corrected chi connectivity index (χ4v) is 2.50. The van der Waals surface area contributed by atoms with Crippen molar-refractivity contribution in [2.24, 2.45) is 0 Å². The van der Waals surface area contributed by atoms with Crippen molar-refractivity contribution >= 4 is 46.7 Å².